The summed E-state index contributed by atoms with van der Waals surface area (Å²) in [7, 11) is 0. The molecule has 0 aromatic heterocycles. The average molecular weight is 284 g/mol. The summed E-state index contributed by atoms with van der Waals surface area (Å²) in [6.07, 6.45) is 0.329. The van der Waals surface area contributed by atoms with Crippen molar-refractivity contribution in [3.63, 3.8) is 0 Å². The summed E-state index contributed by atoms with van der Waals surface area (Å²) in [4.78, 5) is 13.9. The van der Waals surface area contributed by atoms with Crippen LogP contribution in [0.5, 0.6) is 0 Å². The molecular formula is C13H18ClN3O2. The maximum Gasteiger partial charge on any atom is 0.253 e. The minimum Gasteiger partial charge on any atom is -0.409 e. The number of nitrogens with zero attached hydrogens (tertiary/aromatic N) is 2. The standard InChI is InChI=1S/C13H18ClN3O2/c1-3-17(5-4-12(15)16-19)13(18)10-6-9(2)7-11(14)8-10/h6-8,19H,3-5H2,1-2H3,(H2,15,16). The highest BCUT2D eigenvalue weighted by Crippen LogP contribution is 2.16. The summed E-state index contributed by atoms with van der Waals surface area (Å²) in [6.45, 7) is 4.71. The molecule has 0 fully saturated rings. The molecule has 0 aliphatic heterocycles. The number of nitrogens with two attached hydrogens (primary N) is 1. The number of hydrogen-bond acceptors (Lipinski definition) is 3. The van der Waals surface area contributed by atoms with Crippen LogP contribution in [0.2, 0.25) is 5.02 Å². The normalized spacial score (nSPS) is 11.4. The first-order chi connectivity index (χ1) is 8.97. The second-order valence-electron chi connectivity index (χ2n) is 4.24. The van der Waals surface area contributed by atoms with Crippen LogP contribution in [0.1, 0.15) is 29.3 Å². The van der Waals surface area contributed by atoms with Crippen molar-refractivity contribution in [3.05, 3.63) is 34.3 Å². The third-order valence-corrected chi connectivity index (χ3v) is 2.94. The molecular weight excluding hydrogens is 266 g/mol. The van der Waals surface area contributed by atoms with E-state index in [1.165, 1.54) is 0 Å². The third-order valence-electron chi connectivity index (χ3n) is 2.72. The van der Waals surface area contributed by atoms with Gasteiger partial charge < -0.3 is 15.8 Å². The van der Waals surface area contributed by atoms with E-state index < -0.39 is 0 Å². The molecule has 0 aliphatic carbocycles. The summed E-state index contributed by atoms with van der Waals surface area (Å²) in [5.74, 6) is -0.00707. The molecule has 1 aromatic carbocycles. The van der Waals surface area contributed by atoms with Crippen molar-refractivity contribution in [1.29, 1.82) is 0 Å². The molecule has 0 radical (unpaired) electrons. The third kappa shape index (κ3) is 4.44. The second-order valence-corrected chi connectivity index (χ2v) is 4.68. The number of hydrogen-bond donors (Lipinski definition) is 2. The van der Waals surface area contributed by atoms with Crippen molar-refractivity contribution < 1.29 is 10.0 Å². The first-order valence-corrected chi connectivity index (χ1v) is 6.38. The van der Waals surface area contributed by atoms with Gasteiger partial charge in [-0.3, -0.25) is 4.79 Å². The van der Waals surface area contributed by atoms with Gasteiger partial charge in [-0.1, -0.05) is 16.8 Å². The van der Waals surface area contributed by atoms with Crippen molar-refractivity contribution in [2.45, 2.75) is 20.3 Å². The van der Waals surface area contributed by atoms with E-state index in [1.807, 2.05) is 13.8 Å². The molecule has 0 saturated carbocycles. The number of aryl methyl sites for hydroxylation is 1. The van der Waals surface area contributed by atoms with Gasteiger partial charge in [-0.2, -0.15) is 0 Å². The van der Waals surface area contributed by atoms with E-state index in [4.69, 9.17) is 22.5 Å². The molecule has 0 heterocycles. The van der Waals surface area contributed by atoms with E-state index in [-0.39, 0.29) is 11.7 Å². The molecule has 1 aromatic rings. The fourth-order valence-electron chi connectivity index (χ4n) is 1.75. The molecule has 6 heteroatoms. The van der Waals surface area contributed by atoms with E-state index in [2.05, 4.69) is 5.16 Å². The van der Waals surface area contributed by atoms with E-state index >= 15 is 0 Å². The van der Waals surface area contributed by atoms with Gasteiger partial charge in [0, 0.05) is 30.1 Å². The Balaban J connectivity index is 2.83. The molecule has 3 N–H and O–H groups in total. The summed E-state index contributed by atoms with van der Waals surface area (Å²) in [5, 5.41) is 11.9. The van der Waals surface area contributed by atoms with Crippen LogP contribution in [0.4, 0.5) is 0 Å². The van der Waals surface area contributed by atoms with Gasteiger partial charge in [-0.25, -0.2) is 0 Å². The van der Waals surface area contributed by atoms with Gasteiger partial charge in [0.1, 0.15) is 5.84 Å². The molecule has 0 atom stereocenters. The van der Waals surface area contributed by atoms with Crippen molar-refractivity contribution in [2.24, 2.45) is 10.9 Å². The monoisotopic (exact) mass is 283 g/mol. The highest BCUT2D eigenvalue weighted by molar-refractivity contribution is 6.31. The Kier molecular flexibility index (Phi) is 5.63. The number of rotatable bonds is 5. The van der Waals surface area contributed by atoms with Crippen LogP contribution in [-0.4, -0.2) is 34.9 Å². The van der Waals surface area contributed by atoms with Gasteiger partial charge in [0.2, 0.25) is 0 Å². The van der Waals surface area contributed by atoms with Gasteiger partial charge in [-0.05, 0) is 37.6 Å². The first kappa shape index (κ1) is 15.3. The van der Waals surface area contributed by atoms with E-state index in [0.717, 1.165) is 5.56 Å². The molecule has 0 unspecified atom stereocenters. The molecule has 104 valence electrons. The van der Waals surface area contributed by atoms with Crippen molar-refractivity contribution in [2.75, 3.05) is 13.1 Å². The molecule has 0 saturated heterocycles. The Morgan fingerprint density at radius 2 is 2.16 bits per heavy atom. The van der Waals surface area contributed by atoms with Crippen LogP contribution >= 0.6 is 11.6 Å². The maximum absolute atomic E-state index is 12.3. The van der Waals surface area contributed by atoms with Crippen molar-refractivity contribution in [3.8, 4) is 0 Å². The highest BCUT2D eigenvalue weighted by atomic mass is 35.5. The average Bonchev–Trinajstić information content (AvgIpc) is 2.37. The Labute approximate surface area is 117 Å². The van der Waals surface area contributed by atoms with Crippen LogP contribution in [-0.2, 0) is 0 Å². The van der Waals surface area contributed by atoms with Crippen LogP contribution in [0.15, 0.2) is 23.4 Å². The lowest BCUT2D eigenvalue weighted by Crippen LogP contribution is -2.34. The summed E-state index contributed by atoms with van der Waals surface area (Å²) >= 11 is 5.95. The van der Waals surface area contributed by atoms with Gasteiger partial charge in [0.15, 0.2) is 0 Å². The Morgan fingerprint density at radius 3 is 2.68 bits per heavy atom. The molecule has 1 rings (SSSR count). The molecule has 1 amide bonds. The number of carbonyl (C=O) groups excluding carboxylic acids is 1. The topological polar surface area (TPSA) is 78.9 Å². The number of halogens is 1. The largest absolute Gasteiger partial charge is 0.409 e. The number of oxime groups is 1. The van der Waals surface area contributed by atoms with Crippen LogP contribution in [0.25, 0.3) is 0 Å². The maximum atomic E-state index is 12.3. The van der Waals surface area contributed by atoms with Crippen molar-refractivity contribution in [1.82, 2.24) is 4.90 Å². The first-order valence-electron chi connectivity index (χ1n) is 6.00. The predicted octanol–water partition coefficient (Wildman–Crippen LogP) is 2.25. The Hall–Kier alpha value is -1.75. The minimum atomic E-state index is -0.112. The second kappa shape index (κ2) is 6.99. The summed E-state index contributed by atoms with van der Waals surface area (Å²) < 4.78 is 0. The molecule has 0 aliphatic rings. The Bertz CT molecular complexity index is 469. The minimum absolute atomic E-state index is 0.105. The lowest BCUT2D eigenvalue weighted by atomic mass is 10.1. The van der Waals surface area contributed by atoms with E-state index in [1.54, 1.807) is 23.1 Å². The van der Waals surface area contributed by atoms with Crippen molar-refractivity contribution >= 4 is 23.3 Å². The number of amidine groups is 1. The quantitative estimate of drug-likeness (QED) is 0.376. The summed E-state index contributed by atoms with van der Waals surface area (Å²) in [5.41, 5.74) is 6.89. The number of benzene rings is 1. The van der Waals surface area contributed by atoms with E-state index in [0.29, 0.717) is 30.1 Å². The van der Waals surface area contributed by atoms with Crippen LogP contribution < -0.4 is 5.73 Å². The predicted molar refractivity (Wildman–Crippen MR) is 75.8 cm³/mol. The number of carbonyl (C=O) groups is 1. The zero-order chi connectivity index (χ0) is 14.4. The highest BCUT2D eigenvalue weighted by Gasteiger charge is 2.15. The molecule has 19 heavy (non-hydrogen) atoms. The molecule has 0 spiro atoms. The van der Waals surface area contributed by atoms with Crippen LogP contribution in [0, 0.1) is 6.92 Å². The summed E-state index contributed by atoms with van der Waals surface area (Å²) in [6, 6.07) is 5.23. The zero-order valence-corrected chi connectivity index (χ0v) is 11.8. The molecule has 0 bridgehead atoms. The zero-order valence-electron chi connectivity index (χ0n) is 11.1. The lowest BCUT2D eigenvalue weighted by molar-refractivity contribution is 0.0768. The SMILES string of the molecule is CCN(CC/C(N)=N/O)C(=O)c1cc(C)cc(Cl)c1. The number of amides is 1. The van der Waals surface area contributed by atoms with Gasteiger partial charge in [0.05, 0.1) is 0 Å². The van der Waals surface area contributed by atoms with Crippen LogP contribution in [0.3, 0.4) is 0 Å². The van der Waals surface area contributed by atoms with Gasteiger partial charge in [0.25, 0.3) is 5.91 Å². The fourth-order valence-corrected chi connectivity index (χ4v) is 2.03. The lowest BCUT2D eigenvalue weighted by Gasteiger charge is -2.21. The van der Waals surface area contributed by atoms with Gasteiger partial charge >= 0.3 is 0 Å². The molecule has 5 nitrogen and oxygen atoms in total. The Morgan fingerprint density at radius 1 is 1.47 bits per heavy atom. The van der Waals surface area contributed by atoms with Gasteiger partial charge in [-0.15, -0.1) is 0 Å². The smallest absolute Gasteiger partial charge is 0.253 e. The van der Waals surface area contributed by atoms with E-state index in [9.17, 15) is 4.79 Å². The fraction of sp³-hybridized carbons (Fsp3) is 0.385.